The van der Waals surface area contributed by atoms with Crippen molar-refractivity contribution >= 4 is 17.7 Å². The fourth-order valence-electron chi connectivity index (χ4n) is 2.70. The number of allylic oxidation sites excluding steroid dienone is 1. The first kappa shape index (κ1) is 17.8. The molecule has 1 aliphatic rings. The third-order valence-corrected chi connectivity index (χ3v) is 4.40. The van der Waals surface area contributed by atoms with E-state index in [0.29, 0.717) is 11.6 Å². The average molecular weight is 335 g/mol. The largest absolute Gasteiger partial charge is 0.508 e. The zero-order valence-corrected chi connectivity index (χ0v) is 14.1. The summed E-state index contributed by atoms with van der Waals surface area (Å²) < 4.78 is 5.72. The quantitative estimate of drug-likeness (QED) is 0.772. The van der Waals surface area contributed by atoms with Crippen molar-refractivity contribution in [3.63, 3.8) is 0 Å². The molecule has 0 saturated carbocycles. The second-order valence-corrected chi connectivity index (χ2v) is 6.05. The highest BCUT2D eigenvalue weighted by molar-refractivity contribution is 6.32. The Balaban J connectivity index is 2.04. The van der Waals surface area contributed by atoms with Crippen LogP contribution in [-0.4, -0.2) is 29.5 Å². The van der Waals surface area contributed by atoms with Gasteiger partial charge in [0.1, 0.15) is 5.75 Å². The number of phenols is 1. The number of phenolic OH excluding ortho intramolecular Hbond substituents is 1. The maximum absolute atomic E-state index is 9.42. The lowest BCUT2D eigenvalue weighted by molar-refractivity contribution is 0.115. The van der Waals surface area contributed by atoms with Crippen LogP contribution in [0.4, 0.5) is 0 Å². The molecule has 1 unspecified atom stereocenters. The van der Waals surface area contributed by atoms with Gasteiger partial charge in [0, 0.05) is 0 Å². The molecule has 0 fully saturated rings. The van der Waals surface area contributed by atoms with Crippen LogP contribution in [0, 0.1) is 0 Å². The summed E-state index contributed by atoms with van der Waals surface area (Å²) in [5, 5.41) is 19.2. The molecule has 23 heavy (non-hydrogen) atoms. The smallest absolute Gasteiger partial charge is 0.117 e. The van der Waals surface area contributed by atoms with E-state index in [1.807, 2.05) is 12.1 Å². The lowest BCUT2D eigenvalue weighted by Gasteiger charge is -2.16. The summed E-state index contributed by atoms with van der Waals surface area (Å²) in [6.07, 6.45) is 6.72. The highest BCUT2D eigenvalue weighted by Crippen LogP contribution is 2.29. The Morgan fingerprint density at radius 3 is 2.91 bits per heavy atom. The van der Waals surface area contributed by atoms with Crippen LogP contribution in [0.2, 0.25) is 5.02 Å². The lowest BCUT2D eigenvalue weighted by Crippen LogP contribution is -2.13. The van der Waals surface area contributed by atoms with Crippen LogP contribution in [0.1, 0.15) is 31.7 Å². The van der Waals surface area contributed by atoms with Gasteiger partial charge in [0.05, 0.1) is 24.3 Å². The number of aliphatic hydroxyl groups is 1. The molecule has 0 spiro atoms. The third-order valence-electron chi connectivity index (χ3n) is 4.07. The Labute approximate surface area is 142 Å². The fraction of sp³-hybridized carbons (Fsp3) is 0.368. The van der Waals surface area contributed by atoms with Gasteiger partial charge in [-0.2, -0.15) is 0 Å². The molecule has 0 aromatic heterocycles. The number of aliphatic hydroxyl groups excluding tert-OH is 1. The molecule has 1 atom stereocenters. The van der Waals surface area contributed by atoms with Crippen molar-refractivity contribution in [2.75, 3.05) is 13.2 Å². The first-order chi connectivity index (χ1) is 11.0. The van der Waals surface area contributed by atoms with Crippen LogP contribution in [-0.2, 0) is 4.74 Å². The number of aromatic hydroxyl groups is 1. The van der Waals surface area contributed by atoms with Crippen molar-refractivity contribution in [3.8, 4) is 5.75 Å². The summed E-state index contributed by atoms with van der Waals surface area (Å²) >= 11 is 6.16. The van der Waals surface area contributed by atoms with E-state index in [9.17, 15) is 10.2 Å². The second-order valence-electron chi connectivity index (χ2n) is 5.64. The molecule has 2 N–H and O–H groups in total. The number of hydrogen-bond donors (Lipinski definition) is 2. The molecule has 1 heterocycles. The van der Waals surface area contributed by atoms with Crippen LogP contribution < -0.4 is 0 Å². The molecule has 4 heteroatoms. The van der Waals surface area contributed by atoms with E-state index < -0.39 is 0 Å². The Hall–Kier alpha value is -1.55. The first-order valence-corrected chi connectivity index (χ1v) is 8.21. The average Bonchev–Trinajstić information content (AvgIpc) is 3.01. The van der Waals surface area contributed by atoms with E-state index >= 15 is 0 Å². The van der Waals surface area contributed by atoms with Crippen molar-refractivity contribution in [2.24, 2.45) is 0 Å². The van der Waals surface area contributed by atoms with E-state index in [4.69, 9.17) is 16.3 Å². The molecule has 0 radical (unpaired) electrons. The van der Waals surface area contributed by atoms with Gasteiger partial charge in [-0.3, -0.25) is 0 Å². The van der Waals surface area contributed by atoms with Crippen molar-refractivity contribution in [3.05, 3.63) is 58.2 Å². The van der Waals surface area contributed by atoms with Crippen molar-refractivity contribution in [1.29, 1.82) is 0 Å². The highest BCUT2D eigenvalue weighted by Gasteiger charge is 2.21. The van der Waals surface area contributed by atoms with Crippen molar-refractivity contribution in [1.82, 2.24) is 0 Å². The Bertz CT molecular complexity index is 632. The molecule has 124 valence electrons. The Morgan fingerprint density at radius 2 is 2.26 bits per heavy atom. The minimum Gasteiger partial charge on any atom is -0.508 e. The first-order valence-electron chi connectivity index (χ1n) is 7.83. The summed E-state index contributed by atoms with van der Waals surface area (Å²) in [6.45, 7) is 6.54. The number of rotatable bonds is 7. The molecule has 0 aliphatic carbocycles. The second kappa shape index (κ2) is 8.34. The third kappa shape index (κ3) is 4.71. The molecule has 1 aromatic carbocycles. The molecule has 3 nitrogen and oxygen atoms in total. The summed E-state index contributed by atoms with van der Waals surface area (Å²) in [7, 11) is 0. The minimum absolute atomic E-state index is 0.000102. The monoisotopic (exact) mass is 334 g/mol. The molecular formula is C19H23ClO3. The van der Waals surface area contributed by atoms with Gasteiger partial charge in [-0.15, -0.1) is 0 Å². The topological polar surface area (TPSA) is 49.7 Å². The van der Waals surface area contributed by atoms with Gasteiger partial charge in [0.15, 0.2) is 0 Å². The fourth-order valence-corrected chi connectivity index (χ4v) is 2.93. The number of benzene rings is 1. The molecule has 1 aromatic rings. The Kier molecular flexibility index (Phi) is 6.46. The predicted molar refractivity (Wildman–Crippen MR) is 94.7 cm³/mol. The molecule has 0 amide bonds. The maximum atomic E-state index is 9.42. The van der Waals surface area contributed by atoms with Gasteiger partial charge in [-0.25, -0.2) is 0 Å². The van der Waals surface area contributed by atoms with Gasteiger partial charge in [0.2, 0.25) is 0 Å². The van der Waals surface area contributed by atoms with Gasteiger partial charge < -0.3 is 14.9 Å². The normalized spacial score (nSPS) is 18.1. The summed E-state index contributed by atoms with van der Waals surface area (Å²) in [6, 6.07) is 5.00. The summed E-state index contributed by atoms with van der Waals surface area (Å²) in [4.78, 5) is 0. The van der Waals surface area contributed by atoms with Crippen LogP contribution in [0.25, 0.3) is 6.08 Å². The number of hydrogen-bond acceptors (Lipinski definition) is 3. The van der Waals surface area contributed by atoms with Gasteiger partial charge in [0.25, 0.3) is 0 Å². The van der Waals surface area contributed by atoms with Crippen molar-refractivity contribution < 1.29 is 14.9 Å². The standard InChI is InChI=1S/C19H23ClO3/c1-3-14(10-15-5-6-16(22)11-18(15)20)4-7-19-17(8-9-23-19)13(2)12-21/h5-6,8,10-11,19,21-22H,2-4,7,9,12H2,1H3/b14-10+. The van der Waals surface area contributed by atoms with Gasteiger partial charge >= 0.3 is 0 Å². The van der Waals surface area contributed by atoms with Crippen LogP contribution in [0.3, 0.4) is 0 Å². The Morgan fingerprint density at radius 1 is 1.48 bits per heavy atom. The van der Waals surface area contributed by atoms with Gasteiger partial charge in [-0.1, -0.05) is 42.8 Å². The van der Waals surface area contributed by atoms with E-state index in [0.717, 1.165) is 36.0 Å². The zero-order chi connectivity index (χ0) is 16.8. The van der Waals surface area contributed by atoms with E-state index in [1.165, 1.54) is 5.57 Å². The summed E-state index contributed by atoms with van der Waals surface area (Å²) in [5.41, 5.74) is 3.92. The van der Waals surface area contributed by atoms with Crippen LogP contribution in [0.15, 0.2) is 47.6 Å². The SMILES string of the molecule is C=C(CO)C1=CCOC1CC/C(=C/c1ccc(O)cc1Cl)CC. The molecule has 1 aliphatic heterocycles. The van der Waals surface area contributed by atoms with Crippen molar-refractivity contribution in [2.45, 2.75) is 32.3 Å². The zero-order valence-electron chi connectivity index (χ0n) is 13.4. The maximum Gasteiger partial charge on any atom is 0.117 e. The van der Waals surface area contributed by atoms with Crippen LogP contribution in [0.5, 0.6) is 5.75 Å². The number of halogens is 1. The van der Waals surface area contributed by atoms with Crippen LogP contribution >= 0.6 is 11.6 Å². The lowest BCUT2D eigenvalue weighted by atomic mass is 9.96. The molecule has 0 bridgehead atoms. The predicted octanol–water partition coefficient (Wildman–Crippen LogP) is 4.49. The minimum atomic E-state index is -0.0364. The molecular weight excluding hydrogens is 312 g/mol. The van der Waals surface area contributed by atoms with E-state index in [2.05, 4.69) is 19.6 Å². The summed E-state index contributed by atoms with van der Waals surface area (Å²) in [5.74, 6) is 0.168. The van der Waals surface area contributed by atoms with E-state index in [-0.39, 0.29) is 18.5 Å². The van der Waals surface area contributed by atoms with E-state index in [1.54, 1.807) is 12.1 Å². The van der Waals surface area contributed by atoms with Gasteiger partial charge in [-0.05, 0) is 54.2 Å². The molecule has 0 saturated heterocycles. The number of ether oxygens (including phenoxy) is 1. The molecule has 2 rings (SSSR count). The highest BCUT2D eigenvalue weighted by atomic mass is 35.5.